The van der Waals surface area contributed by atoms with Gasteiger partial charge in [-0.05, 0) is 30.6 Å². The van der Waals surface area contributed by atoms with Crippen molar-refractivity contribution in [3.63, 3.8) is 0 Å². The van der Waals surface area contributed by atoms with Crippen molar-refractivity contribution in [2.45, 2.75) is 76.7 Å². The molecule has 4 aliphatic heterocycles. The van der Waals surface area contributed by atoms with Gasteiger partial charge in [-0.15, -0.1) is 0 Å². The summed E-state index contributed by atoms with van der Waals surface area (Å²) in [7, 11) is 0. The second-order valence-electron chi connectivity index (χ2n) is 10.6. The summed E-state index contributed by atoms with van der Waals surface area (Å²) in [5.74, 6) is 0.529. The van der Waals surface area contributed by atoms with Gasteiger partial charge in [-0.25, -0.2) is 0 Å². The molecular weight excluding hydrogens is 320 g/mol. The Balaban J connectivity index is 1.62. The molecule has 6 rings (SSSR count). The van der Waals surface area contributed by atoms with E-state index in [1.807, 2.05) is 0 Å². The van der Waals surface area contributed by atoms with Crippen molar-refractivity contribution in [2.75, 3.05) is 19.8 Å². The quantitative estimate of drug-likeness (QED) is 0.725. The highest BCUT2D eigenvalue weighted by Crippen LogP contribution is 2.84. The monoisotopic (exact) mass is 350 g/mol. The van der Waals surface area contributed by atoms with Crippen LogP contribution in [-0.4, -0.2) is 54.6 Å². The van der Waals surface area contributed by atoms with Gasteiger partial charge in [0.15, 0.2) is 6.29 Å². The minimum atomic E-state index is -0.963. The van der Waals surface area contributed by atoms with E-state index in [2.05, 4.69) is 27.7 Å². The molecule has 6 aliphatic rings. The van der Waals surface area contributed by atoms with Gasteiger partial charge < -0.3 is 24.1 Å². The van der Waals surface area contributed by atoms with Crippen LogP contribution in [0.4, 0.5) is 0 Å². The predicted molar refractivity (Wildman–Crippen MR) is 88.8 cm³/mol. The van der Waals surface area contributed by atoms with E-state index in [1.165, 1.54) is 0 Å². The zero-order valence-electron chi connectivity index (χ0n) is 15.7. The summed E-state index contributed by atoms with van der Waals surface area (Å²) >= 11 is 0. The molecular formula is C20H30O5. The van der Waals surface area contributed by atoms with E-state index < -0.39 is 11.2 Å². The van der Waals surface area contributed by atoms with E-state index in [4.69, 9.17) is 18.9 Å². The Morgan fingerprint density at radius 1 is 1.08 bits per heavy atom. The van der Waals surface area contributed by atoms with Crippen molar-refractivity contribution in [3.05, 3.63) is 0 Å². The third kappa shape index (κ3) is 1.26. The van der Waals surface area contributed by atoms with Crippen molar-refractivity contribution in [3.8, 4) is 0 Å². The molecule has 5 unspecified atom stereocenters. The molecule has 5 nitrogen and oxygen atoms in total. The molecule has 0 bridgehead atoms. The van der Waals surface area contributed by atoms with Gasteiger partial charge in [0.05, 0.1) is 32.0 Å². The maximum atomic E-state index is 11.9. The molecule has 1 N–H and O–H groups in total. The normalized spacial score (nSPS) is 64.4. The third-order valence-electron chi connectivity index (χ3n) is 9.16. The minimum absolute atomic E-state index is 0.0591. The lowest BCUT2D eigenvalue weighted by atomic mass is 9.52. The van der Waals surface area contributed by atoms with Crippen LogP contribution in [0.15, 0.2) is 0 Å². The van der Waals surface area contributed by atoms with E-state index >= 15 is 0 Å². The molecule has 4 saturated heterocycles. The first-order valence-corrected chi connectivity index (χ1v) is 9.99. The highest BCUT2D eigenvalue weighted by molar-refractivity contribution is 5.39. The Hall–Kier alpha value is -0.200. The van der Waals surface area contributed by atoms with Gasteiger partial charge in [-0.2, -0.15) is 0 Å². The Morgan fingerprint density at radius 2 is 1.88 bits per heavy atom. The summed E-state index contributed by atoms with van der Waals surface area (Å²) in [6.07, 6.45) is 2.72. The van der Waals surface area contributed by atoms with Crippen molar-refractivity contribution < 1.29 is 24.1 Å². The van der Waals surface area contributed by atoms with Crippen molar-refractivity contribution in [1.82, 2.24) is 0 Å². The van der Waals surface area contributed by atoms with Crippen LogP contribution in [-0.2, 0) is 18.9 Å². The summed E-state index contributed by atoms with van der Waals surface area (Å²) in [4.78, 5) is 0. The van der Waals surface area contributed by atoms with Crippen LogP contribution in [0.25, 0.3) is 0 Å². The molecule has 4 heterocycles. The SMILES string of the molecule is C[C@@H]1COC2CC34C5C[C@@H](C(C)(C)C)C36CCOC6O[C@@]4(CO5)[C@]21O. The highest BCUT2D eigenvalue weighted by atomic mass is 16.7. The van der Waals surface area contributed by atoms with Crippen LogP contribution < -0.4 is 0 Å². The van der Waals surface area contributed by atoms with Crippen LogP contribution >= 0.6 is 0 Å². The smallest absolute Gasteiger partial charge is 0.165 e. The molecule has 5 heteroatoms. The molecule has 0 radical (unpaired) electrons. The molecule has 0 aromatic heterocycles. The molecule has 2 spiro atoms. The molecule has 2 aliphatic carbocycles. The number of ether oxygens (including phenoxy) is 4. The lowest BCUT2D eigenvalue weighted by molar-refractivity contribution is -0.244. The van der Waals surface area contributed by atoms with E-state index in [0.29, 0.717) is 19.1 Å². The van der Waals surface area contributed by atoms with Crippen molar-refractivity contribution in [1.29, 1.82) is 0 Å². The first-order valence-electron chi connectivity index (χ1n) is 9.99. The second-order valence-corrected chi connectivity index (χ2v) is 10.6. The summed E-state index contributed by atoms with van der Waals surface area (Å²) < 4.78 is 25.5. The van der Waals surface area contributed by atoms with E-state index in [0.717, 1.165) is 25.9 Å². The summed E-state index contributed by atoms with van der Waals surface area (Å²) in [6.45, 7) is 10.9. The van der Waals surface area contributed by atoms with Crippen LogP contribution in [0.5, 0.6) is 0 Å². The summed E-state index contributed by atoms with van der Waals surface area (Å²) in [5.41, 5.74) is -1.71. The van der Waals surface area contributed by atoms with E-state index in [1.54, 1.807) is 0 Å². The number of hydrogen-bond acceptors (Lipinski definition) is 5. The van der Waals surface area contributed by atoms with E-state index in [-0.39, 0.29) is 40.7 Å². The molecule has 2 saturated carbocycles. The standard InChI is InChI=1S/C20H30O5/c1-11-9-23-14-8-18-13-7-12(16(2,3)4)17(18)5-6-22-15(17)25-19(18,10-24-13)20(11,14)21/h11-15,21H,5-10H2,1-4H3/t11-,12+,13?,14?,15?,17?,18?,19-,20-/m1/s1. The van der Waals surface area contributed by atoms with Crippen molar-refractivity contribution in [2.24, 2.45) is 28.1 Å². The average Bonchev–Trinajstić information content (AvgIpc) is 3.26. The molecule has 9 atom stereocenters. The molecule has 25 heavy (non-hydrogen) atoms. The molecule has 0 aromatic rings. The van der Waals surface area contributed by atoms with Gasteiger partial charge in [0.25, 0.3) is 0 Å². The zero-order valence-corrected chi connectivity index (χ0v) is 15.7. The first-order chi connectivity index (χ1) is 11.7. The maximum Gasteiger partial charge on any atom is 0.165 e. The molecule has 140 valence electrons. The van der Waals surface area contributed by atoms with Crippen LogP contribution in [0.1, 0.15) is 47.0 Å². The average molecular weight is 350 g/mol. The lowest BCUT2D eigenvalue weighted by Gasteiger charge is -2.47. The number of hydrogen-bond donors (Lipinski definition) is 1. The Labute approximate surface area is 149 Å². The lowest BCUT2D eigenvalue weighted by Crippen LogP contribution is -2.63. The van der Waals surface area contributed by atoms with Crippen LogP contribution in [0.2, 0.25) is 0 Å². The fraction of sp³-hybridized carbons (Fsp3) is 1.00. The fourth-order valence-electron chi connectivity index (χ4n) is 8.44. The van der Waals surface area contributed by atoms with Gasteiger partial charge >= 0.3 is 0 Å². The summed E-state index contributed by atoms with van der Waals surface area (Å²) in [5, 5.41) is 11.9. The van der Waals surface area contributed by atoms with E-state index in [9.17, 15) is 5.11 Å². The highest BCUT2D eigenvalue weighted by Gasteiger charge is 2.94. The number of rotatable bonds is 0. The molecule has 6 fully saturated rings. The largest absolute Gasteiger partial charge is 0.384 e. The third-order valence-corrected chi connectivity index (χ3v) is 9.16. The molecule has 0 aromatic carbocycles. The fourth-order valence-corrected chi connectivity index (χ4v) is 8.44. The Morgan fingerprint density at radius 3 is 2.64 bits per heavy atom. The van der Waals surface area contributed by atoms with Gasteiger partial charge in [0, 0.05) is 16.7 Å². The summed E-state index contributed by atoms with van der Waals surface area (Å²) in [6, 6.07) is 0. The predicted octanol–water partition coefficient (Wildman–Crippen LogP) is 2.11. The van der Waals surface area contributed by atoms with Gasteiger partial charge in [0.1, 0.15) is 11.2 Å². The number of aliphatic hydroxyl groups is 1. The second kappa shape index (κ2) is 4.12. The van der Waals surface area contributed by atoms with Gasteiger partial charge in [0.2, 0.25) is 0 Å². The Bertz CT molecular complexity index is 644. The van der Waals surface area contributed by atoms with Gasteiger partial charge in [-0.1, -0.05) is 27.7 Å². The zero-order chi connectivity index (χ0) is 17.5. The topological polar surface area (TPSA) is 57.2 Å². The van der Waals surface area contributed by atoms with Gasteiger partial charge in [-0.3, -0.25) is 0 Å². The number of fused-ring (bicyclic) bond motifs is 1. The minimum Gasteiger partial charge on any atom is -0.384 e. The maximum absolute atomic E-state index is 11.9. The first kappa shape index (κ1) is 15.8. The molecule has 0 amide bonds. The Kier molecular flexibility index (Phi) is 2.61. The van der Waals surface area contributed by atoms with Crippen LogP contribution in [0, 0.1) is 28.1 Å². The van der Waals surface area contributed by atoms with Crippen LogP contribution in [0.3, 0.4) is 0 Å². The van der Waals surface area contributed by atoms with Crippen molar-refractivity contribution >= 4 is 0 Å².